The van der Waals surface area contributed by atoms with Gasteiger partial charge in [0, 0.05) is 39.5 Å². The zero-order chi connectivity index (χ0) is 15.3. The largest absolute Gasteiger partial charge is 0.381 e. The molecule has 0 spiro atoms. The van der Waals surface area contributed by atoms with Gasteiger partial charge in [-0.1, -0.05) is 13.3 Å². The van der Waals surface area contributed by atoms with E-state index in [0.717, 1.165) is 51.6 Å². The third kappa shape index (κ3) is 8.34. The van der Waals surface area contributed by atoms with Gasteiger partial charge in [0.2, 0.25) is 0 Å². The van der Waals surface area contributed by atoms with E-state index in [1.807, 2.05) is 24.0 Å². The predicted octanol–water partition coefficient (Wildman–Crippen LogP) is 1.56. The smallest absolute Gasteiger partial charge is 0.191 e. The van der Waals surface area contributed by atoms with Crippen LogP contribution < -0.4 is 10.6 Å². The van der Waals surface area contributed by atoms with Crippen LogP contribution in [0, 0.1) is 6.92 Å². The molecular formula is C15H29N5O. The molecule has 6 nitrogen and oxygen atoms in total. The van der Waals surface area contributed by atoms with Gasteiger partial charge in [-0.05, 0) is 25.3 Å². The summed E-state index contributed by atoms with van der Waals surface area (Å²) in [7, 11) is 1.78. The molecule has 0 aliphatic rings. The number of nitrogens with zero attached hydrogens (tertiary/aromatic N) is 3. The van der Waals surface area contributed by atoms with Crippen LogP contribution in [0.4, 0.5) is 0 Å². The van der Waals surface area contributed by atoms with E-state index in [2.05, 4.69) is 27.6 Å². The first-order valence-electron chi connectivity index (χ1n) is 7.77. The summed E-state index contributed by atoms with van der Waals surface area (Å²) < 4.78 is 7.45. The molecule has 1 heterocycles. The Hall–Kier alpha value is -1.56. The highest BCUT2D eigenvalue weighted by Crippen LogP contribution is 1.93. The number of ether oxygens (including phenoxy) is 1. The normalized spacial score (nSPS) is 11.7. The van der Waals surface area contributed by atoms with Gasteiger partial charge >= 0.3 is 0 Å². The fourth-order valence-electron chi connectivity index (χ4n) is 1.83. The van der Waals surface area contributed by atoms with Gasteiger partial charge in [0.15, 0.2) is 5.96 Å². The molecule has 120 valence electrons. The van der Waals surface area contributed by atoms with Gasteiger partial charge in [-0.25, -0.2) is 0 Å². The summed E-state index contributed by atoms with van der Waals surface area (Å²) in [6.45, 7) is 8.38. The molecule has 1 aromatic rings. The van der Waals surface area contributed by atoms with Gasteiger partial charge in [-0.2, -0.15) is 5.10 Å². The van der Waals surface area contributed by atoms with Crippen LogP contribution in [0.15, 0.2) is 17.4 Å². The average molecular weight is 295 g/mol. The van der Waals surface area contributed by atoms with E-state index in [1.165, 1.54) is 12.0 Å². The first-order chi connectivity index (χ1) is 10.3. The maximum Gasteiger partial charge on any atom is 0.191 e. The summed E-state index contributed by atoms with van der Waals surface area (Å²) >= 11 is 0. The van der Waals surface area contributed by atoms with Crippen molar-refractivity contribution in [2.45, 2.75) is 39.7 Å². The van der Waals surface area contributed by atoms with Crippen LogP contribution >= 0.6 is 0 Å². The molecule has 0 unspecified atom stereocenters. The van der Waals surface area contributed by atoms with Gasteiger partial charge < -0.3 is 15.4 Å². The minimum Gasteiger partial charge on any atom is -0.381 e. The minimum atomic E-state index is 0.799. The topological polar surface area (TPSA) is 63.5 Å². The van der Waals surface area contributed by atoms with E-state index >= 15 is 0 Å². The predicted molar refractivity (Wildman–Crippen MR) is 86.7 cm³/mol. The lowest BCUT2D eigenvalue weighted by Crippen LogP contribution is -2.39. The Morgan fingerprint density at radius 2 is 2.05 bits per heavy atom. The number of aromatic nitrogens is 2. The molecule has 1 aromatic heterocycles. The molecule has 0 aromatic carbocycles. The molecule has 0 radical (unpaired) electrons. The monoisotopic (exact) mass is 295 g/mol. The van der Waals surface area contributed by atoms with Crippen LogP contribution in [0.1, 0.15) is 31.7 Å². The lowest BCUT2D eigenvalue weighted by molar-refractivity contribution is 0.129. The Balaban J connectivity index is 2.04. The third-order valence-electron chi connectivity index (χ3n) is 3.02. The molecule has 0 saturated carbocycles. The molecule has 0 fully saturated rings. The number of unbranched alkanes of at least 4 members (excludes halogenated alkanes) is 1. The van der Waals surface area contributed by atoms with Gasteiger partial charge in [-0.3, -0.25) is 9.67 Å². The molecule has 0 aliphatic heterocycles. The van der Waals surface area contributed by atoms with E-state index in [4.69, 9.17) is 4.74 Å². The molecule has 0 aliphatic carbocycles. The molecule has 6 heteroatoms. The SMILES string of the molecule is CCCCOCCCNC(=NC)NCCn1cc(C)cn1. The average Bonchev–Trinajstić information content (AvgIpc) is 2.90. The van der Waals surface area contributed by atoms with Crippen molar-refractivity contribution in [3.8, 4) is 0 Å². The van der Waals surface area contributed by atoms with Crippen LogP contribution in [-0.2, 0) is 11.3 Å². The molecule has 0 bridgehead atoms. The zero-order valence-corrected chi connectivity index (χ0v) is 13.6. The Kier molecular flexibility index (Phi) is 9.28. The first kappa shape index (κ1) is 17.5. The highest BCUT2D eigenvalue weighted by Gasteiger charge is 1.98. The summed E-state index contributed by atoms with van der Waals surface area (Å²) in [5.41, 5.74) is 1.18. The van der Waals surface area contributed by atoms with E-state index in [9.17, 15) is 0 Å². The second kappa shape index (κ2) is 11.1. The van der Waals surface area contributed by atoms with Crippen molar-refractivity contribution >= 4 is 5.96 Å². The number of aliphatic imine (C=N–C) groups is 1. The number of nitrogens with one attached hydrogen (secondary N) is 2. The van der Waals surface area contributed by atoms with E-state index in [0.29, 0.717) is 0 Å². The number of guanidine groups is 1. The summed E-state index contributed by atoms with van der Waals surface area (Å²) in [6, 6.07) is 0. The maximum atomic E-state index is 5.52. The van der Waals surface area contributed by atoms with Crippen LogP contribution in [0.2, 0.25) is 0 Å². The highest BCUT2D eigenvalue weighted by atomic mass is 16.5. The summed E-state index contributed by atoms with van der Waals surface area (Å²) in [5, 5.41) is 10.8. The van der Waals surface area contributed by atoms with Gasteiger partial charge in [0.05, 0.1) is 12.7 Å². The van der Waals surface area contributed by atoms with Gasteiger partial charge in [0.25, 0.3) is 0 Å². The van der Waals surface area contributed by atoms with E-state index in [-0.39, 0.29) is 0 Å². The summed E-state index contributed by atoms with van der Waals surface area (Å²) in [4.78, 5) is 4.20. The van der Waals surface area contributed by atoms with Crippen molar-refractivity contribution in [3.05, 3.63) is 18.0 Å². The maximum absolute atomic E-state index is 5.52. The summed E-state index contributed by atoms with van der Waals surface area (Å²) in [6.07, 6.45) is 7.22. The molecule has 0 amide bonds. The fourth-order valence-corrected chi connectivity index (χ4v) is 1.83. The Morgan fingerprint density at radius 1 is 1.29 bits per heavy atom. The van der Waals surface area contributed by atoms with Crippen molar-refractivity contribution in [2.24, 2.45) is 4.99 Å². The number of aryl methyl sites for hydroxylation is 1. The minimum absolute atomic E-state index is 0.799. The van der Waals surface area contributed by atoms with Crippen molar-refractivity contribution in [3.63, 3.8) is 0 Å². The van der Waals surface area contributed by atoms with Gasteiger partial charge in [0.1, 0.15) is 0 Å². The number of hydrogen-bond acceptors (Lipinski definition) is 3. The Bertz CT molecular complexity index is 403. The molecular weight excluding hydrogens is 266 g/mol. The van der Waals surface area contributed by atoms with Crippen molar-refractivity contribution < 1.29 is 4.74 Å². The molecule has 2 N–H and O–H groups in total. The summed E-state index contributed by atoms with van der Waals surface area (Å²) in [5.74, 6) is 0.826. The quantitative estimate of drug-likeness (QED) is 0.391. The molecule has 0 saturated heterocycles. The molecule has 1 rings (SSSR count). The second-order valence-electron chi connectivity index (χ2n) is 5.03. The van der Waals surface area contributed by atoms with Crippen molar-refractivity contribution in [2.75, 3.05) is 33.4 Å². The lowest BCUT2D eigenvalue weighted by Gasteiger charge is -2.12. The molecule has 0 atom stereocenters. The van der Waals surface area contributed by atoms with Crippen LogP contribution in [-0.4, -0.2) is 49.1 Å². The van der Waals surface area contributed by atoms with Crippen LogP contribution in [0.3, 0.4) is 0 Å². The standard InChI is InChI=1S/C15H29N5O/c1-4-5-10-21-11-6-7-17-15(16-3)18-8-9-20-13-14(2)12-19-20/h12-13H,4-11H2,1-3H3,(H2,16,17,18). The van der Waals surface area contributed by atoms with E-state index < -0.39 is 0 Å². The third-order valence-corrected chi connectivity index (χ3v) is 3.02. The second-order valence-corrected chi connectivity index (χ2v) is 5.03. The zero-order valence-electron chi connectivity index (χ0n) is 13.6. The van der Waals surface area contributed by atoms with Gasteiger partial charge in [-0.15, -0.1) is 0 Å². The van der Waals surface area contributed by atoms with E-state index in [1.54, 1.807) is 7.05 Å². The highest BCUT2D eigenvalue weighted by molar-refractivity contribution is 5.79. The Labute approximate surface area is 128 Å². The first-order valence-corrected chi connectivity index (χ1v) is 7.77. The fraction of sp³-hybridized carbons (Fsp3) is 0.733. The molecule has 21 heavy (non-hydrogen) atoms. The number of rotatable bonds is 10. The van der Waals surface area contributed by atoms with Crippen molar-refractivity contribution in [1.29, 1.82) is 0 Å². The van der Waals surface area contributed by atoms with Crippen LogP contribution in [0.5, 0.6) is 0 Å². The van der Waals surface area contributed by atoms with Crippen molar-refractivity contribution in [1.82, 2.24) is 20.4 Å². The number of hydrogen-bond donors (Lipinski definition) is 2. The lowest BCUT2D eigenvalue weighted by atomic mass is 10.4. The Morgan fingerprint density at radius 3 is 2.71 bits per heavy atom. The van der Waals surface area contributed by atoms with Crippen LogP contribution in [0.25, 0.3) is 0 Å².